The topological polar surface area (TPSA) is 38.0 Å². The van der Waals surface area contributed by atoms with Crippen molar-refractivity contribution in [3.8, 4) is 0 Å². The van der Waals surface area contributed by atoms with Crippen LogP contribution in [-0.4, -0.2) is 25.6 Å². The molecule has 3 N–H and O–H groups in total. The number of nitrogens with one attached hydrogen (secondary N) is 1. The summed E-state index contributed by atoms with van der Waals surface area (Å²) in [4.78, 5) is 0. The molecule has 0 aliphatic heterocycles. The average Bonchev–Trinajstić information content (AvgIpc) is 2.14. The second-order valence-electron chi connectivity index (χ2n) is 3.67. The molecule has 92 valence electrons. The molecule has 0 aromatic carbocycles. The lowest BCUT2D eigenvalue weighted by molar-refractivity contribution is 0.587. The van der Waals surface area contributed by atoms with E-state index in [0.717, 1.165) is 38.5 Å². The number of rotatable bonds is 10. The van der Waals surface area contributed by atoms with Crippen LogP contribution in [0.4, 0.5) is 0 Å². The minimum Gasteiger partial charge on any atom is -0.330 e. The van der Waals surface area contributed by atoms with Crippen molar-refractivity contribution in [1.82, 2.24) is 5.32 Å². The number of halogens is 3. The Morgan fingerprint density at radius 3 is 2.07 bits per heavy atom. The van der Waals surface area contributed by atoms with Crippen LogP contribution in [0.15, 0.2) is 0 Å². The van der Waals surface area contributed by atoms with Crippen LogP contribution in [0.25, 0.3) is 0 Å². The monoisotopic (exact) mass is 290 g/mol. The first-order valence-corrected chi connectivity index (χ1v) is 10.8. The Labute approximate surface area is 108 Å². The van der Waals surface area contributed by atoms with E-state index in [1.807, 2.05) is 0 Å². The third-order valence-electron chi connectivity index (χ3n) is 2.12. The van der Waals surface area contributed by atoms with Crippen molar-refractivity contribution in [2.75, 3.05) is 19.6 Å². The van der Waals surface area contributed by atoms with E-state index in [1.54, 1.807) is 0 Å². The number of hydrogen-bond donors (Lipinski definition) is 2. The van der Waals surface area contributed by atoms with Gasteiger partial charge in [0.25, 0.3) is 0 Å². The highest BCUT2D eigenvalue weighted by atomic mass is 35.8. The summed E-state index contributed by atoms with van der Waals surface area (Å²) in [6.45, 7) is 2.82. The van der Waals surface area contributed by atoms with Crippen molar-refractivity contribution in [2.24, 2.45) is 5.73 Å². The highest BCUT2D eigenvalue weighted by Crippen LogP contribution is 2.25. The molecule has 0 fully saturated rings. The lowest BCUT2D eigenvalue weighted by atomic mass is 10.2. The minimum atomic E-state index is -2.38. The molecule has 0 bridgehead atoms. The van der Waals surface area contributed by atoms with Crippen LogP contribution in [0, 0.1) is 0 Å². The molecule has 0 saturated carbocycles. The molecular weight excluding hydrogens is 271 g/mol. The van der Waals surface area contributed by atoms with E-state index >= 15 is 0 Å². The van der Waals surface area contributed by atoms with Gasteiger partial charge < -0.3 is 11.1 Å². The zero-order chi connectivity index (χ0) is 11.6. The highest BCUT2D eigenvalue weighted by molar-refractivity contribution is 7.64. The number of nitrogens with two attached hydrogens (primary N) is 1. The molecule has 15 heavy (non-hydrogen) atoms. The smallest absolute Gasteiger partial charge is 0.330 e. The van der Waals surface area contributed by atoms with Crippen molar-refractivity contribution in [3.05, 3.63) is 0 Å². The molecule has 0 spiro atoms. The van der Waals surface area contributed by atoms with Gasteiger partial charge in [-0.05, 0) is 44.9 Å². The molecular formula is C9H21Cl3N2Si. The summed E-state index contributed by atoms with van der Waals surface area (Å²) < 4.78 is 0. The molecule has 0 aromatic rings. The molecule has 2 nitrogen and oxygen atoms in total. The SMILES string of the molecule is NCCCCCCNCCC[Si](Cl)(Cl)Cl. The predicted octanol–water partition coefficient (Wildman–Crippen LogP) is 3.14. The van der Waals surface area contributed by atoms with Crippen LogP contribution in [0.1, 0.15) is 32.1 Å². The van der Waals surface area contributed by atoms with Crippen LogP contribution in [0.2, 0.25) is 6.04 Å². The lowest BCUT2D eigenvalue weighted by Crippen LogP contribution is -2.19. The van der Waals surface area contributed by atoms with Crippen molar-refractivity contribution in [2.45, 2.75) is 38.1 Å². The van der Waals surface area contributed by atoms with Gasteiger partial charge in [-0.2, -0.15) is 0 Å². The Morgan fingerprint density at radius 1 is 0.867 bits per heavy atom. The Bertz CT molecular complexity index is 142. The van der Waals surface area contributed by atoms with Gasteiger partial charge in [0.1, 0.15) is 0 Å². The van der Waals surface area contributed by atoms with Gasteiger partial charge in [0, 0.05) is 0 Å². The third kappa shape index (κ3) is 15.0. The Kier molecular flexibility index (Phi) is 10.9. The summed E-state index contributed by atoms with van der Waals surface area (Å²) in [6.07, 6.45) is 5.80. The maximum absolute atomic E-state index is 5.76. The molecule has 0 amide bonds. The Hall–Kier alpha value is 1.01. The maximum Gasteiger partial charge on any atom is 0.341 e. The molecule has 0 aliphatic rings. The van der Waals surface area contributed by atoms with E-state index in [2.05, 4.69) is 5.32 Å². The van der Waals surface area contributed by atoms with Gasteiger partial charge in [-0.3, -0.25) is 0 Å². The fourth-order valence-corrected chi connectivity index (χ4v) is 3.07. The summed E-state index contributed by atoms with van der Waals surface area (Å²) >= 11 is 17.3. The molecule has 0 saturated heterocycles. The second kappa shape index (κ2) is 10.2. The maximum atomic E-state index is 5.76. The van der Waals surface area contributed by atoms with Gasteiger partial charge >= 0.3 is 6.00 Å². The van der Waals surface area contributed by atoms with Crippen LogP contribution < -0.4 is 11.1 Å². The second-order valence-corrected chi connectivity index (χ2v) is 13.0. The predicted molar refractivity (Wildman–Crippen MR) is 73.1 cm³/mol. The summed E-state index contributed by atoms with van der Waals surface area (Å²) in [5, 5.41) is 3.35. The minimum absolute atomic E-state index is 0.748. The largest absolute Gasteiger partial charge is 0.341 e. The van der Waals surface area contributed by atoms with Gasteiger partial charge in [0.2, 0.25) is 0 Å². The fourth-order valence-electron chi connectivity index (χ4n) is 1.29. The molecule has 0 rings (SSSR count). The number of hydrogen-bond acceptors (Lipinski definition) is 2. The van der Waals surface area contributed by atoms with Crippen molar-refractivity contribution < 1.29 is 0 Å². The Balaban J connectivity index is 2.99. The van der Waals surface area contributed by atoms with Gasteiger partial charge in [0.05, 0.1) is 0 Å². The van der Waals surface area contributed by atoms with Crippen LogP contribution in [0.3, 0.4) is 0 Å². The summed E-state index contributed by atoms with van der Waals surface area (Å²) in [5.41, 5.74) is 5.40. The highest BCUT2D eigenvalue weighted by Gasteiger charge is 2.23. The summed E-state index contributed by atoms with van der Waals surface area (Å²) in [5.74, 6) is 0. The normalized spacial score (nSPS) is 12.0. The number of unbranched alkanes of at least 4 members (excludes halogenated alkanes) is 3. The van der Waals surface area contributed by atoms with Crippen molar-refractivity contribution >= 4 is 39.2 Å². The average molecular weight is 292 g/mol. The molecule has 0 heterocycles. The third-order valence-corrected chi connectivity index (χ3v) is 4.74. The standard InChI is InChI=1S/C9H21Cl3N2Si/c10-15(11,12)9-5-8-14-7-4-2-1-3-6-13/h14H,1-9,13H2. The van der Waals surface area contributed by atoms with Crippen LogP contribution in [0.5, 0.6) is 0 Å². The van der Waals surface area contributed by atoms with Crippen molar-refractivity contribution in [1.29, 1.82) is 0 Å². The molecule has 0 aromatic heterocycles. The zero-order valence-corrected chi connectivity index (χ0v) is 12.3. The van der Waals surface area contributed by atoms with Crippen LogP contribution in [-0.2, 0) is 0 Å². The summed E-state index contributed by atoms with van der Waals surface area (Å²) in [7, 11) is 0. The van der Waals surface area contributed by atoms with Crippen LogP contribution >= 0.6 is 33.2 Å². The van der Waals surface area contributed by atoms with E-state index in [4.69, 9.17) is 39.0 Å². The van der Waals surface area contributed by atoms with Crippen molar-refractivity contribution in [3.63, 3.8) is 0 Å². The molecule has 0 aliphatic carbocycles. The van der Waals surface area contributed by atoms with E-state index in [-0.39, 0.29) is 0 Å². The first-order valence-electron chi connectivity index (χ1n) is 5.54. The molecule has 0 radical (unpaired) electrons. The van der Waals surface area contributed by atoms with Gasteiger partial charge in [-0.25, -0.2) is 0 Å². The van der Waals surface area contributed by atoms with Gasteiger partial charge in [-0.15, -0.1) is 33.2 Å². The lowest BCUT2D eigenvalue weighted by Gasteiger charge is -2.08. The van der Waals surface area contributed by atoms with Gasteiger partial charge in [-0.1, -0.05) is 12.8 Å². The molecule has 6 heteroatoms. The van der Waals surface area contributed by atoms with E-state index in [0.29, 0.717) is 0 Å². The zero-order valence-electron chi connectivity index (χ0n) is 9.08. The molecule has 0 unspecified atom stereocenters. The van der Waals surface area contributed by atoms with E-state index in [9.17, 15) is 0 Å². The van der Waals surface area contributed by atoms with E-state index in [1.165, 1.54) is 19.3 Å². The van der Waals surface area contributed by atoms with Gasteiger partial charge in [0.15, 0.2) is 0 Å². The first kappa shape index (κ1) is 16.0. The molecule has 0 atom stereocenters. The first-order chi connectivity index (χ1) is 7.06. The fraction of sp³-hybridized carbons (Fsp3) is 1.00. The van der Waals surface area contributed by atoms with E-state index < -0.39 is 6.00 Å². The summed E-state index contributed by atoms with van der Waals surface area (Å²) in [6, 6.07) is -1.63. The quantitative estimate of drug-likeness (QED) is 0.369. The Morgan fingerprint density at radius 2 is 1.47 bits per heavy atom.